The Morgan fingerprint density at radius 1 is 1.38 bits per heavy atom. The van der Waals surface area contributed by atoms with Crippen molar-refractivity contribution in [3.05, 3.63) is 53.0 Å². The van der Waals surface area contributed by atoms with E-state index in [-0.39, 0.29) is 5.91 Å². The number of ether oxygens (including phenoxy) is 1. The molecule has 1 N–H and O–H groups in total. The van der Waals surface area contributed by atoms with Crippen molar-refractivity contribution in [1.82, 2.24) is 4.90 Å². The highest BCUT2D eigenvalue weighted by Crippen LogP contribution is 2.34. The number of furan rings is 1. The zero-order valence-corrected chi connectivity index (χ0v) is 14.0. The van der Waals surface area contributed by atoms with Crippen LogP contribution < -0.4 is 5.32 Å². The molecular weight excluding hydrogens is 308 g/mol. The highest BCUT2D eigenvalue weighted by Gasteiger charge is 2.35. The zero-order valence-electron chi connectivity index (χ0n) is 14.0. The van der Waals surface area contributed by atoms with Crippen LogP contribution in [0.2, 0.25) is 0 Å². The summed E-state index contributed by atoms with van der Waals surface area (Å²) >= 11 is 0. The smallest absolute Gasteiger partial charge is 0.341 e. The lowest BCUT2D eigenvalue weighted by atomic mass is 10.1. The lowest BCUT2D eigenvalue weighted by Crippen LogP contribution is -2.43. The minimum absolute atomic E-state index is 0.0510. The number of carbonyl (C=O) groups excluding carboxylic acids is 2. The Morgan fingerprint density at radius 2 is 2.12 bits per heavy atom. The summed E-state index contributed by atoms with van der Waals surface area (Å²) in [6, 6.07) is 9.02. The summed E-state index contributed by atoms with van der Waals surface area (Å²) in [6.07, 6.45) is 0.361. The molecule has 1 aliphatic rings. The number of nitrogens with one attached hydrogen (secondary N) is 1. The van der Waals surface area contributed by atoms with E-state index < -0.39 is 12.1 Å². The van der Waals surface area contributed by atoms with Gasteiger partial charge in [0.05, 0.1) is 12.7 Å². The van der Waals surface area contributed by atoms with Crippen LogP contribution in [0.15, 0.2) is 34.7 Å². The van der Waals surface area contributed by atoms with Gasteiger partial charge in [-0.3, -0.25) is 4.79 Å². The van der Waals surface area contributed by atoms with Gasteiger partial charge in [-0.05, 0) is 31.5 Å². The minimum atomic E-state index is -0.454. The maximum Gasteiger partial charge on any atom is 0.341 e. The van der Waals surface area contributed by atoms with Crippen molar-refractivity contribution in [2.45, 2.75) is 26.4 Å². The van der Waals surface area contributed by atoms with Gasteiger partial charge in [-0.1, -0.05) is 19.1 Å². The van der Waals surface area contributed by atoms with E-state index >= 15 is 0 Å². The molecule has 1 aromatic heterocycles. The summed E-state index contributed by atoms with van der Waals surface area (Å²) in [4.78, 5) is 26.4. The van der Waals surface area contributed by atoms with E-state index in [9.17, 15) is 9.59 Å². The van der Waals surface area contributed by atoms with Gasteiger partial charge in [0.15, 0.2) is 6.17 Å². The second-order valence-corrected chi connectivity index (χ2v) is 5.70. The molecule has 1 aromatic carbocycles. The molecular formula is C18H20N2O4. The number of esters is 1. The van der Waals surface area contributed by atoms with Gasteiger partial charge in [-0.25, -0.2) is 4.79 Å². The third-order valence-electron chi connectivity index (χ3n) is 4.10. The Kier molecular flexibility index (Phi) is 4.29. The second kappa shape index (κ2) is 6.39. The average Bonchev–Trinajstić information content (AvgIpc) is 2.98. The van der Waals surface area contributed by atoms with Gasteiger partial charge in [0, 0.05) is 12.2 Å². The number of rotatable bonds is 4. The number of amides is 1. The van der Waals surface area contributed by atoms with Crippen molar-refractivity contribution in [2.24, 2.45) is 0 Å². The van der Waals surface area contributed by atoms with Gasteiger partial charge in [0.25, 0.3) is 5.91 Å². The van der Waals surface area contributed by atoms with E-state index in [2.05, 4.69) is 5.32 Å². The van der Waals surface area contributed by atoms with Gasteiger partial charge in [-0.2, -0.15) is 0 Å². The van der Waals surface area contributed by atoms with Crippen LogP contribution in [0.5, 0.6) is 0 Å². The molecule has 0 spiro atoms. The predicted octanol–water partition coefficient (Wildman–Crippen LogP) is 3.35. The number of hydrogen-bond acceptors (Lipinski definition) is 5. The first-order chi connectivity index (χ1) is 11.6. The Labute approximate surface area is 140 Å². The molecule has 0 saturated heterocycles. The monoisotopic (exact) mass is 328 g/mol. The number of aryl methyl sites for hydroxylation is 1. The number of para-hydroxylation sites is 1. The van der Waals surface area contributed by atoms with Crippen molar-refractivity contribution in [1.29, 1.82) is 0 Å². The van der Waals surface area contributed by atoms with Crippen LogP contribution in [-0.4, -0.2) is 30.4 Å². The number of benzene rings is 1. The van der Waals surface area contributed by atoms with Crippen LogP contribution >= 0.6 is 0 Å². The van der Waals surface area contributed by atoms with E-state index in [0.717, 1.165) is 12.1 Å². The first-order valence-electron chi connectivity index (χ1n) is 7.92. The minimum Gasteiger partial charge on any atom is -0.465 e. The number of carbonyl (C=O) groups is 2. The van der Waals surface area contributed by atoms with Crippen molar-refractivity contribution >= 4 is 17.6 Å². The molecule has 2 aromatic rings. The summed E-state index contributed by atoms with van der Waals surface area (Å²) in [7, 11) is 1.33. The highest BCUT2D eigenvalue weighted by molar-refractivity contribution is 6.01. The first-order valence-corrected chi connectivity index (χ1v) is 7.92. The molecule has 1 aliphatic heterocycles. The number of fused-ring (bicyclic) bond motifs is 1. The molecule has 0 aliphatic carbocycles. The van der Waals surface area contributed by atoms with Crippen LogP contribution in [0.4, 0.5) is 5.69 Å². The van der Waals surface area contributed by atoms with E-state index in [1.54, 1.807) is 24.0 Å². The molecule has 0 bridgehead atoms. The van der Waals surface area contributed by atoms with Crippen LogP contribution in [0.1, 0.15) is 51.7 Å². The van der Waals surface area contributed by atoms with Gasteiger partial charge < -0.3 is 19.4 Å². The van der Waals surface area contributed by atoms with Gasteiger partial charge in [0.1, 0.15) is 17.1 Å². The quantitative estimate of drug-likeness (QED) is 0.872. The standard InChI is InChI=1S/C18H20N2O4/c1-4-9-20-16(15-10-13(11(2)24-15)18(22)23-3)19-14-8-6-5-7-12(14)17(20)21/h5-8,10,16,19H,4,9H2,1-3H3/t16-/m1/s1. The maximum absolute atomic E-state index is 12.8. The zero-order chi connectivity index (χ0) is 17.3. The van der Waals surface area contributed by atoms with Gasteiger partial charge in [-0.15, -0.1) is 0 Å². The molecule has 0 radical (unpaired) electrons. The summed E-state index contributed by atoms with van der Waals surface area (Å²) in [6.45, 7) is 4.30. The first kappa shape index (κ1) is 16.1. The molecule has 2 heterocycles. The average molecular weight is 328 g/mol. The van der Waals surface area contributed by atoms with Crippen LogP contribution in [0.3, 0.4) is 0 Å². The Balaban J connectivity index is 2.02. The third-order valence-corrected chi connectivity index (χ3v) is 4.10. The summed E-state index contributed by atoms with van der Waals surface area (Å²) < 4.78 is 10.5. The molecule has 126 valence electrons. The molecule has 0 unspecified atom stereocenters. The molecule has 24 heavy (non-hydrogen) atoms. The van der Waals surface area contributed by atoms with E-state index in [1.807, 2.05) is 25.1 Å². The lowest BCUT2D eigenvalue weighted by Gasteiger charge is -2.36. The van der Waals surface area contributed by atoms with Gasteiger partial charge in [0.2, 0.25) is 0 Å². The molecule has 1 atom stereocenters. The predicted molar refractivity (Wildman–Crippen MR) is 88.9 cm³/mol. The highest BCUT2D eigenvalue weighted by atomic mass is 16.5. The molecule has 0 saturated carbocycles. The van der Waals surface area contributed by atoms with Crippen LogP contribution in [0.25, 0.3) is 0 Å². The molecule has 0 fully saturated rings. The largest absolute Gasteiger partial charge is 0.465 e. The maximum atomic E-state index is 12.8. The normalized spacial score (nSPS) is 16.5. The second-order valence-electron chi connectivity index (χ2n) is 5.70. The van der Waals surface area contributed by atoms with Crippen molar-refractivity contribution in [2.75, 3.05) is 19.0 Å². The Hall–Kier alpha value is -2.76. The molecule has 3 rings (SSSR count). The Bertz CT molecular complexity index is 781. The van der Waals surface area contributed by atoms with Crippen LogP contribution in [0, 0.1) is 6.92 Å². The number of anilines is 1. The van der Waals surface area contributed by atoms with E-state index in [0.29, 0.717) is 29.2 Å². The number of methoxy groups -OCH3 is 1. The molecule has 6 nitrogen and oxygen atoms in total. The fourth-order valence-corrected chi connectivity index (χ4v) is 2.94. The SMILES string of the molecule is CCCN1C(=O)c2ccccc2N[C@H]1c1cc(C(=O)OC)c(C)o1. The Morgan fingerprint density at radius 3 is 2.83 bits per heavy atom. The fraction of sp³-hybridized carbons (Fsp3) is 0.333. The lowest BCUT2D eigenvalue weighted by molar-refractivity contribution is 0.0597. The van der Waals surface area contributed by atoms with Crippen molar-refractivity contribution in [3.8, 4) is 0 Å². The summed E-state index contributed by atoms with van der Waals surface area (Å²) in [5, 5.41) is 3.34. The molecule has 1 amide bonds. The van der Waals surface area contributed by atoms with Crippen molar-refractivity contribution in [3.63, 3.8) is 0 Å². The van der Waals surface area contributed by atoms with Gasteiger partial charge >= 0.3 is 5.97 Å². The number of hydrogen-bond donors (Lipinski definition) is 1. The molecule has 6 heteroatoms. The summed E-state index contributed by atoms with van der Waals surface area (Å²) in [5.41, 5.74) is 1.77. The van der Waals surface area contributed by atoms with E-state index in [1.165, 1.54) is 7.11 Å². The van der Waals surface area contributed by atoms with Crippen molar-refractivity contribution < 1.29 is 18.7 Å². The van der Waals surface area contributed by atoms with E-state index in [4.69, 9.17) is 9.15 Å². The topological polar surface area (TPSA) is 71.8 Å². The summed E-state index contributed by atoms with van der Waals surface area (Å²) in [5.74, 6) is 0.488. The fourth-order valence-electron chi connectivity index (χ4n) is 2.94. The third kappa shape index (κ3) is 2.64. The van der Waals surface area contributed by atoms with Crippen LogP contribution in [-0.2, 0) is 4.74 Å². The number of nitrogens with zero attached hydrogens (tertiary/aromatic N) is 1.